The van der Waals surface area contributed by atoms with Crippen LogP contribution in [0.25, 0.3) is 0 Å². The average Bonchev–Trinajstić information content (AvgIpc) is 2.72. The first-order chi connectivity index (χ1) is 6.68. The highest BCUT2D eigenvalue weighted by atomic mass is 16.1. The normalized spacial score (nSPS) is 44.4. The molecule has 0 aromatic carbocycles. The number of likely N-dealkylation sites (N-methyl/N-ethyl adjacent to an activating group) is 1. The fourth-order valence-corrected chi connectivity index (χ4v) is 3.18. The molecule has 0 aromatic heterocycles. The van der Waals surface area contributed by atoms with E-state index in [-0.39, 0.29) is 6.04 Å². The van der Waals surface area contributed by atoms with E-state index in [2.05, 4.69) is 19.0 Å². The van der Waals surface area contributed by atoms with Crippen molar-refractivity contribution in [2.45, 2.75) is 44.7 Å². The number of rotatable bonds is 2. The van der Waals surface area contributed by atoms with E-state index in [0.29, 0.717) is 6.04 Å². The number of hydrogen-bond donors (Lipinski definition) is 0. The third-order valence-corrected chi connectivity index (χ3v) is 4.09. The molecular formula is C11H21N2O+. The second-order valence-electron chi connectivity index (χ2n) is 4.94. The highest BCUT2D eigenvalue weighted by molar-refractivity contribution is 5.56. The fourth-order valence-electron chi connectivity index (χ4n) is 3.18. The lowest BCUT2D eigenvalue weighted by molar-refractivity contribution is -1.02. The quantitative estimate of drug-likeness (QED) is 0.489. The first-order valence-corrected chi connectivity index (χ1v) is 5.76. The molecule has 0 amide bonds. The van der Waals surface area contributed by atoms with Crippen molar-refractivity contribution in [1.82, 2.24) is 5.01 Å². The lowest BCUT2D eigenvalue weighted by atomic mass is 10.2. The average molecular weight is 197 g/mol. The van der Waals surface area contributed by atoms with Gasteiger partial charge >= 0.3 is 0 Å². The van der Waals surface area contributed by atoms with Crippen molar-refractivity contribution in [3.63, 3.8) is 0 Å². The summed E-state index contributed by atoms with van der Waals surface area (Å²) >= 11 is 0. The summed E-state index contributed by atoms with van der Waals surface area (Å²) in [6.45, 7) is 4.60. The van der Waals surface area contributed by atoms with Crippen molar-refractivity contribution in [1.29, 1.82) is 0 Å². The molecule has 14 heavy (non-hydrogen) atoms. The smallest absolute Gasteiger partial charge is 0.179 e. The fraction of sp³-hybridized carbons (Fsp3) is 0.909. The maximum absolute atomic E-state index is 11.0. The second kappa shape index (κ2) is 3.63. The van der Waals surface area contributed by atoms with Crippen LogP contribution in [-0.4, -0.2) is 48.1 Å². The van der Waals surface area contributed by atoms with Crippen LogP contribution >= 0.6 is 0 Å². The van der Waals surface area contributed by atoms with E-state index in [1.165, 1.54) is 25.8 Å². The molecule has 3 atom stereocenters. The molecule has 0 N–H and O–H groups in total. The zero-order valence-corrected chi connectivity index (χ0v) is 9.28. The van der Waals surface area contributed by atoms with Crippen LogP contribution < -0.4 is 0 Å². The molecule has 2 fully saturated rings. The Morgan fingerprint density at radius 2 is 2.14 bits per heavy atom. The summed E-state index contributed by atoms with van der Waals surface area (Å²) < 4.78 is 0.880. The minimum atomic E-state index is 0.218. The summed E-state index contributed by atoms with van der Waals surface area (Å²) in [5.74, 6) is 0. The van der Waals surface area contributed by atoms with E-state index in [1.54, 1.807) is 0 Å². The third-order valence-electron chi connectivity index (χ3n) is 4.09. The summed E-state index contributed by atoms with van der Waals surface area (Å²) in [4.78, 5) is 11.0. The van der Waals surface area contributed by atoms with Gasteiger partial charge in [0.1, 0.15) is 0 Å². The van der Waals surface area contributed by atoms with Gasteiger partial charge in [-0.2, -0.15) is 5.01 Å². The van der Waals surface area contributed by atoms with Gasteiger partial charge in [-0.15, -0.1) is 0 Å². The van der Waals surface area contributed by atoms with Crippen molar-refractivity contribution < 1.29 is 9.39 Å². The predicted octanol–water partition coefficient (Wildman–Crippen LogP) is 1.19. The number of likely N-dealkylation sites (tertiary alicyclic amines) is 1. The minimum absolute atomic E-state index is 0.218. The lowest BCUT2D eigenvalue weighted by Crippen LogP contribution is -2.61. The van der Waals surface area contributed by atoms with Gasteiger partial charge in [0.2, 0.25) is 0 Å². The van der Waals surface area contributed by atoms with Crippen molar-refractivity contribution in [3.05, 3.63) is 0 Å². The Morgan fingerprint density at radius 1 is 1.36 bits per heavy atom. The Labute approximate surface area is 86.2 Å². The molecular weight excluding hydrogens is 176 g/mol. The molecule has 0 spiro atoms. The van der Waals surface area contributed by atoms with Crippen molar-refractivity contribution in [2.24, 2.45) is 0 Å². The van der Waals surface area contributed by atoms with Gasteiger partial charge in [0.15, 0.2) is 12.3 Å². The van der Waals surface area contributed by atoms with E-state index in [4.69, 9.17) is 0 Å². The number of hydrogen-bond acceptors (Lipinski definition) is 2. The standard InChI is InChI=1S/C11H21N2O/c1-10-5-3-7-12(10)13(2)8-4-6-11(13)9-14/h9-11H,3-8H2,1-2H3/q+1/t10?,11?,13-/m1/s1. The number of quaternary nitrogens is 1. The molecule has 2 unspecified atom stereocenters. The van der Waals surface area contributed by atoms with Crippen LogP contribution in [0.2, 0.25) is 0 Å². The SMILES string of the molecule is CC1CCCN1[N@+]1(C)CCCC1C=O. The Balaban J connectivity index is 2.17. The summed E-state index contributed by atoms with van der Waals surface area (Å²) in [5.41, 5.74) is 0. The molecule has 0 aliphatic carbocycles. The molecule has 3 nitrogen and oxygen atoms in total. The van der Waals surface area contributed by atoms with Crippen molar-refractivity contribution >= 4 is 6.29 Å². The van der Waals surface area contributed by atoms with Gasteiger partial charge in [-0.05, 0) is 19.8 Å². The van der Waals surface area contributed by atoms with E-state index in [9.17, 15) is 4.79 Å². The van der Waals surface area contributed by atoms with Gasteiger partial charge < -0.3 is 0 Å². The van der Waals surface area contributed by atoms with Crippen LogP contribution in [-0.2, 0) is 4.79 Å². The highest BCUT2D eigenvalue weighted by Gasteiger charge is 2.46. The molecule has 2 heterocycles. The van der Waals surface area contributed by atoms with Crippen molar-refractivity contribution in [2.75, 3.05) is 20.1 Å². The maximum atomic E-state index is 11.0. The maximum Gasteiger partial charge on any atom is 0.179 e. The van der Waals surface area contributed by atoms with E-state index in [0.717, 1.165) is 23.8 Å². The molecule has 2 saturated heterocycles. The van der Waals surface area contributed by atoms with Crippen LogP contribution in [0.4, 0.5) is 0 Å². The van der Waals surface area contributed by atoms with Crippen LogP contribution in [0.3, 0.4) is 0 Å². The molecule has 0 saturated carbocycles. The van der Waals surface area contributed by atoms with Crippen LogP contribution in [0.15, 0.2) is 0 Å². The first kappa shape index (κ1) is 10.1. The number of carbonyl (C=O) groups is 1. The predicted molar refractivity (Wildman–Crippen MR) is 55.5 cm³/mol. The summed E-state index contributed by atoms with van der Waals surface area (Å²) in [6.07, 6.45) is 6.02. The first-order valence-electron chi connectivity index (χ1n) is 5.76. The Bertz CT molecular complexity index is 231. The summed E-state index contributed by atoms with van der Waals surface area (Å²) in [6, 6.07) is 0.871. The highest BCUT2D eigenvalue weighted by Crippen LogP contribution is 2.32. The van der Waals surface area contributed by atoms with Crippen molar-refractivity contribution in [3.8, 4) is 0 Å². The minimum Gasteiger partial charge on any atom is -0.297 e. The van der Waals surface area contributed by atoms with Crippen LogP contribution in [0.5, 0.6) is 0 Å². The van der Waals surface area contributed by atoms with E-state index in [1.807, 2.05) is 0 Å². The zero-order chi connectivity index (χ0) is 10.2. The lowest BCUT2D eigenvalue weighted by Gasteiger charge is -2.42. The molecule has 2 rings (SSSR count). The molecule has 3 heteroatoms. The molecule has 80 valence electrons. The molecule has 2 aliphatic rings. The van der Waals surface area contributed by atoms with Gasteiger partial charge in [-0.1, -0.05) is 0 Å². The van der Waals surface area contributed by atoms with Gasteiger partial charge in [-0.25, -0.2) is 4.59 Å². The Hall–Kier alpha value is -0.410. The topological polar surface area (TPSA) is 20.3 Å². The molecule has 0 radical (unpaired) electrons. The largest absolute Gasteiger partial charge is 0.297 e. The summed E-state index contributed by atoms with van der Waals surface area (Å²) in [5, 5.41) is 2.52. The molecule has 2 aliphatic heterocycles. The van der Waals surface area contributed by atoms with E-state index < -0.39 is 0 Å². The second-order valence-corrected chi connectivity index (χ2v) is 4.94. The van der Waals surface area contributed by atoms with Crippen LogP contribution in [0, 0.1) is 0 Å². The monoisotopic (exact) mass is 197 g/mol. The van der Waals surface area contributed by atoms with Gasteiger partial charge in [0, 0.05) is 19.4 Å². The Morgan fingerprint density at radius 3 is 2.71 bits per heavy atom. The number of nitrogens with zero attached hydrogens (tertiary/aromatic N) is 2. The van der Waals surface area contributed by atoms with Gasteiger partial charge in [0.25, 0.3) is 0 Å². The zero-order valence-electron chi connectivity index (χ0n) is 9.28. The summed E-state index contributed by atoms with van der Waals surface area (Å²) in [7, 11) is 2.23. The molecule has 0 aromatic rings. The Kier molecular flexibility index (Phi) is 2.62. The number of aldehydes is 1. The molecule has 0 bridgehead atoms. The van der Waals surface area contributed by atoms with E-state index >= 15 is 0 Å². The van der Waals surface area contributed by atoms with Gasteiger partial charge in [-0.3, -0.25) is 4.79 Å². The van der Waals surface area contributed by atoms with Crippen LogP contribution in [0.1, 0.15) is 32.6 Å². The van der Waals surface area contributed by atoms with Gasteiger partial charge in [0.05, 0.1) is 19.6 Å². The number of carbonyl (C=O) groups excluding carboxylic acids is 1. The third kappa shape index (κ3) is 1.39.